The average molecular weight is 222 g/mol. The zero-order valence-electron chi connectivity index (χ0n) is 10.1. The van der Waals surface area contributed by atoms with E-state index in [2.05, 4.69) is 6.92 Å². The molecule has 1 aromatic rings. The van der Waals surface area contributed by atoms with Gasteiger partial charge in [0.2, 0.25) is 0 Å². The monoisotopic (exact) mass is 222 g/mol. The molecule has 0 spiro atoms. The van der Waals surface area contributed by atoms with Crippen molar-refractivity contribution in [2.45, 2.75) is 39.0 Å². The fourth-order valence-electron chi connectivity index (χ4n) is 1.59. The number of phenolic OH excluding ortho intramolecular Hbond substituents is 1. The number of aromatic hydroxyl groups is 1. The first kappa shape index (κ1) is 13.0. The summed E-state index contributed by atoms with van der Waals surface area (Å²) in [6, 6.07) is 7.54. The Hall–Kier alpha value is -1.02. The summed E-state index contributed by atoms with van der Waals surface area (Å²) < 4.78 is 5.48. The minimum Gasteiger partial charge on any atom is -0.508 e. The summed E-state index contributed by atoms with van der Waals surface area (Å²) in [5.74, 6) is 0.411. The SMILES string of the molecule is CCCCOCCCCc1ccccc1O. The highest BCUT2D eigenvalue weighted by Gasteiger charge is 1.98. The molecule has 0 bridgehead atoms. The lowest BCUT2D eigenvalue weighted by Gasteiger charge is -2.05. The summed E-state index contributed by atoms with van der Waals surface area (Å²) in [5.41, 5.74) is 1.04. The minimum atomic E-state index is 0.411. The molecule has 0 aliphatic heterocycles. The van der Waals surface area contributed by atoms with Gasteiger partial charge in [0.05, 0.1) is 0 Å². The number of rotatable bonds is 8. The van der Waals surface area contributed by atoms with Crippen LogP contribution in [0, 0.1) is 0 Å². The molecule has 0 aliphatic rings. The Morgan fingerprint density at radius 2 is 1.81 bits per heavy atom. The summed E-state index contributed by atoms with van der Waals surface area (Å²) in [4.78, 5) is 0. The Balaban J connectivity index is 2.05. The summed E-state index contributed by atoms with van der Waals surface area (Å²) in [6.45, 7) is 3.89. The minimum absolute atomic E-state index is 0.411. The number of ether oxygens (including phenoxy) is 1. The molecule has 1 N–H and O–H groups in total. The van der Waals surface area contributed by atoms with Gasteiger partial charge in [-0.3, -0.25) is 0 Å². The van der Waals surface area contributed by atoms with Gasteiger partial charge in [-0.25, -0.2) is 0 Å². The molecule has 0 aliphatic carbocycles. The van der Waals surface area contributed by atoms with Gasteiger partial charge >= 0.3 is 0 Å². The molecule has 16 heavy (non-hydrogen) atoms. The number of unbranched alkanes of at least 4 members (excludes halogenated alkanes) is 2. The predicted molar refractivity (Wildman–Crippen MR) is 66.8 cm³/mol. The maximum absolute atomic E-state index is 9.55. The Morgan fingerprint density at radius 1 is 1.06 bits per heavy atom. The number of para-hydroxylation sites is 1. The van der Waals surface area contributed by atoms with E-state index >= 15 is 0 Å². The first-order valence-electron chi connectivity index (χ1n) is 6.19. The standard InChI is InChI=1S/C14H22O2/c1-2-3-11-16-12-7-6-9-13-8-4-5-10-14(13)15/h4-5,8,10,15H,2-3,6-7,9,11-12H2,1H3. The van der Waals surface area contributed by atoms with Crippen molar-refractivity contribution in [3.63, 3.8) is 0 Å². The van der Waals surface area contributed by atoms with Crippen molar-refractivity contribution in [3.8, 4) is 5.75 Å². The van der Waals surface area contributed by atoms with Gasteiger partial charge in [0, 0.05) is 13.2 Å². The second-order valence-electron chi connectivity index (χ2n) is 4.05. The van der Waals surface area contributed by atoms with Crippen molar-refractivity contribution in [2.24, 2.45) is 0 Å². The first-order chi connectivity index (χ1) is 7.84. The lowest BCUT2D eigenvalue weighted by molar-refractivity contribution is 0.127. The van der Waals surface area contributed by atoms with E-state index in [4.69, 9.17) is 4.74 Å². The Bertz CT molecular complexity index is 284. The van der Waals surface area contributed by atoms with Crippen LogP contribution >= 0.6 is 0 Å². The predicted octanol–water partition coefficient (Wildman–Crippen LogP) is 3.53. The fourth-order valence-corrected chi connectivity index (χ4v) is 1.59. The molecular weight excluding hydrogens is 200 g/mol. The zero-order chi connectivity index (χ0) is 11.6. The van der Waals surface area contributed by atoms with Crippen LogP contribution in [-0.4, -0.2) is 18.3 Å². The molecule has 0 heterocycles. The van der Waals surface area contributed by atoms with Crippen LogP contribution in [0.2, 0.25) is 0 Å². The Morgan fingerprint density at radius 3 is 2.56 bits per heavy atom. The molecular formula is C14H22O2. The van der Waals surface area contributed by atoms with Gasteiger partial charge < -0.3 is 9.84 Å². The van der Waals surface area contributed by atoms with Crippen molar-refractivity contribution in [1.29, 1.82) is 0 Å². The van der Waals surface area contributed by atoms with Gasteiger partial charge in [-0.1, -0.05) is 31.5 Å². The number of phenols is 1. The van der Waals surface area contributed by atoms with Crippen molar-refractivity contribution in [2.75, 3.05) is 13.2 Å². The zero-order valence-corrected chi connectivity index (χ0v) is 10.1. The average Bonchev–Trinajstić information content (AvgIpc) is 2.30. The largest absolute Gasteiger partial charge is 0.508 e. The second kappa shape index (κ2) is 8.17. The molecule has 0 radical (unpaired) electrons. The van der Waals surface area contributed by atoms with Crippen LogP contribution in [-0.2, 0) is 11.2 Å². The lowest BCUT2D eigenvalue weighted by Crippen LogP contribution is -1.97. The first-order valence-corrected chi connectivity index (χ1v) is 6.19. The van der Waals surface area contributed by atoms with Crippen LogP contribution in [0.4, 0.5) is 0 Å². The van der Waals surface area contributed by atoms with Crippen LogP contribution in [0.25, 0.3) is 0 Å². The van der Waals surface area contributed by atoms with E-state index in [0.717, 1.165) is 44.5 Å². The summed E-state index contributed by atoms with van der Waals surface area (Å²) >= 11 is 0. The maximum atomic E-state index is 9.55. The molecule has 0 unspecified atom stereocenters. The third-order valence-corrected chi connectivity index (χ3v) is 2.62. The molecule has 1 rings (SSSR count). The molecule has 0 fully saturated rings. The van der Waals surface area contributed by atoms with Gasteiger partial charge in [0.25, 0.3) is 0 Å². The van der Waals surface area contributed by atoms with E-state index in [1.54, 1.807) is 6.07 Å². The highest BCUT2D eigenvalue weighted by atomic mass is 16.5. The van der Waals surface area contributed by atoms with E-state index in [-0.39, 0.29) is 0 Å². The number of aryl methyl sites for hydroxylation is 1. The van der Waals surface area contributed by atoms with Crippen LogP contribution in [0.1, 0.15) is 38.2 Å². The Kier molecular flexibility index (Phi) is 6.66. The summed E-state index contributed by atoms with van der Waals surface area (Å²) in [6.07, 6.45) is 5.42. The molecule has 0 saturated heterocycles. The van der Waals surface area contributed by atoms with Crippen molar-refractivity contribution in [1.82, 2.24) is 0 Å². The normalized spacial score (nSPS) is 10.6. The van der Waals surface area contributed by atoms with Gasteiger partial charge in [0.1, 0.15) is 5.75 Å². The van der Waals surface area contributed by atoms with Crippen molar-refractivity contribution in [3.05, 3.63) is 29.8 Å². The third kappa shape index (κ3) is 5.17. The highest BCUT2D eigenvalue weighted by Crippen LogP contribution is 2.17. The van der Waals surface area contributed by atoms with E-state index in [9.17, 15) is 5.11 Å². The van der Waals surface area contributed by atoms with E-state index in [1.807, 2.05) is 18.2 Å². The fraction of sp³-hybridized carbons (Fsp3) is 0.571. The molecule has 2 heteroatoms. The van der Waals surface area contributed by atoms with Gasteiger partial charge in [-0.05, 0) is 37.3 Å². The van der Waals surface area contributed by atoms with Gasteiger partial charge in [-0.2, -0.15) is 0 Å². The second-order valence-corrected chi connectivity index (χ2v) is 4.05. The van der Waals surface area contributed by atoms with Crippen LogP contribution < -0.4 is 0 Å². The Labute approximate surface area is 98.3 Å². The quantitative estimate of drug-likeness (QED) is 0.682. The topological polar surface area (TPSA) is 29.5 Å². The van der Waals surface area contributed by atoms with Gasteiger partial charge in [0.15, 0.2) is 0 Å². The number of hydrogen-bond acceptors (Lipinski definition) is 2. The molecule has 0 aromatic heterocycles. The number of benzene rings is 1. The maximum Gasteiger partial charge on any atom is 0.118 e. The smallest absolute Gasteiger partial charge is 0.118 e. The van der Waals surface area contributed by atoms with E-state index in [0.29, 0.717) is 5.75 Å². The summed E-state index contributed by atoms with van der Waals surface area (Å²) in [7, 11) is 0. The molecule has 2 nitrogen and oxygen atoms in total. The molecule has 1 aromatic carbocycles. The van der Waals surface area contributed by atoms with Crippen LogP contribution in [0.5, 0.6) is 5.75 Å². The van der Waals surface area contributed by atoms with E-state index in [1.165, 1.54) is 6.42 Å². The van der Waals surface area contributed by atoms with Gasteiger partial charge in [-0.15, -0.1) is 0 Å². The third-order valence-electron chi connectivity index (χ3n) is 2.62. The van der Waals surface area contributed by atoms with Crippen molar-refractivity contribution >= 4 is 0 Å². The van der Waals surface area contributed by atoms with E-state index < -0.39 is 0 Å². The van der Waals surface area contributed by atoms with Crippen LogP contribution in [0.15, 0.2) is 24.3 Å². The molecule has 0 amide bonds. The molecule has 0 atom stereocenters. The molecule has 90 valence electrons. The van der Waals surface area contributed by atoms with Crippen molar-refractivity contribution < 1.29 is 9.84 Å². The van der Waals surface area contributed by atoms with Crippen LogP contribution in [0.3, 0.4) is 0 Å². The number of hydrogen-bond donors (Lipinski definition) is 1. The highest BCUT2D eigenvalue weighted by molar-refractivity contribution is 5.31. The molecule has 0 saturated carbocycles. The summed E-state index contributed by atoms with van der Waals surface area (Å²) in [5, 5.41) is 9.55. The lowest BCUT2D eigenvalue weighted by atomic mass is 10.1.